The first kappa shape index (κ1) is 23.5. The van der Waals surface area contributed by atoms with Crippen molar-refractivity contribution in [2.45, 2.75) is 32.1 Å². The van der Waals surface area contributed by atoms with E-state index in [4.69, 9.17) is 17.3 Å². The van der Waals surface area contributed by atoms with Gasteiger partial charge in [0, 0.05) is 37.2 Å². The van der Waals surface area contributed by atoms with Gasteiger partial charge in [-0.1, -0.05) is 49.7 Å². The van der Waals surface area contributed by atoms with Crippen molar-refractivity contribution < 1.29 is 19.4 Å². The van der Waals surface area contributed by atoms with Gasteiger partial charge in [0.15, 0.2) is 6.10 Å². The number of nitrogens with two attached hydrogens (primary N) is 1. The molecule has 6 nitrogen and oxygen atoms in total. The van der Waals surface area contributed by atoms with Gasteiger partial charge in [-0.2, -0.15) is 0 Å². The zero-order valence-electron chi connectivity index (χ0n) is 17.7. The molecule has 0 aromatic heterocycles. The van der Waals surface area contributed by atoms with Crippen molar-refractivity contribution in [2.24, 2.45) is 11.7 Å². The molecule has 2 aromatic carbocycles. The fourth-order valence-corrected chi connectivity index (χ4v) is 3.93. The number of hydrogen-bond donors (Lipinski definition) is 3. The summed E-state index contributed by atoms with van der Waals surface area (Å²) < 4.78 is 14.7. The van der Waals surface area contributed by atoms with E-state index >= 15 is 0 Å². The number of benzene rings is 2. The van der Waals surface area contributed by atoms with E-state index in [2.05, 4.69) is 0 Å². The fraction of sp³-hybridized carbons (Fsp3) is 0.435. The third kappa shape index (κ3) is 5.18. The number of para-hydroxylation sites is 1. The summed E-state index contributed by atoms with van der Waals surface area (Å²) in [7, 11) is 0. The van der Waals surface area contributed by atoms with Crippen molar-refractivity contribution in [1.29, 1.82) is 0 Å². The molecule has 3 rings (SSSR count). The van der Waals surface area contributed by atoms with Gasteiger partial charge in [-0.05, 0) is 35.2 Å². The molecule has 2 aromatic rings. The molecule has 0 aliphatic carbocycles. The highest BCUT2D eigenvalue weighted by atomic mass is 35.5. The zero-order valence-corrected chi connectivity index (χ0v) is 18.5. The Hall–Kier alpha value is -2.19. The molecule has 1 aliphatic heterocycles. The highest BCUT2D eigenvalue weighted by Crippen LogP contribution is 2.32. The molecule has 3 atom stereocenters. The minimum atomic E-state index is -1.59. The maximum Gasteiger partial charge on any atom is 0.254 e. The van der Waals surface area contributed by atoms with Gasteiger partial charge in [0.25, 0.3) is 5.91 Å². The minimum absolute atomic E-state index is 0.146. The summed E-state index contributed by atoms with van der Waals surface area (Å²) in [5.41, 5.74) is 7.92. The van der Waals surface area contributed by atoms with Gasteiger partial charge in [0.1, 0.15) is 11.9 Å². The van der Waals surface area contributed by atoms with Crippen LogP contribution < -0.4 is 10.6 Å². The molecule has 0 unspecified atom stereocenters. The predicted molar refractivity (Wildman–Crippen MR) is 119 cm³/mol. The molecule has 1 amide bonds. The van der Waals surface area contributed by atoms with Crippen LogP contribution >= 0.6 is 11.6 Å². The Morgan fingerprint density at radius 1 is 1.06 bits per heavy atom. The lowest BCUT2D eigenvalue weighted by Crippen LogP contribution is -2.53. The Morgan fingerprint density at radius 2 is 1.68 bits per heavy atom. The van der Waals surface area contributed by atoms with Crippen LogP contribution in [0.25, 0.3) is 0 Å². The fourth-order valence-electron chi connectivity index (χ4n) is 3.81. The first-order chi connectivity index (χ1) is 14.7. The Kier molecular flexibility index (Phi) is 7.54. The standard InChI is InChI=1S/C23H29ClFN3O3/c1-14(2)19(26)17-4-3-5-18(25)20(17)27-10-12-28(13-11-27)23(31)22(30)21(29)15-6-8-16(24)9-7-15/h3-9,14,19,21-22,29-30H,10-13,26H2,1-2H3/t19-,21+,22-/m0/s1. The van der Waals surface area contributed by atoms with Crippen molar-refractivity contribution in [3.63, 3.8) is 0 Å². The minimum Gasteiger partial charge on any atom is -0.385 e. The third-order valence-corrected chi connectivity index (χ3v) is 6.02. The van der Waals surface area contributed by atoms with Crippen molar-refractivity contribution in [3.05, 3.63) is 64.4 Å². The number of anilines is 1. The van der Waals surface area contributed by atoms with Crippen molar-refractivity contribution in [1.82, 2.24) is 4.90 Å². The summed E-state index contributed by atoms with van der Waals surface area (Å²) in [5, 5.41) is 21.3. The van der Waals surface area contributed by atoms with Crippen LogP contribution in [0, 0.1) is 11.7 Å². The summed E-state index contributed by atoms with van der Waals surface area (Å²) in [4.78, 5) is 16.1. The van der Waals surface area contributed by atoms with Gasteiger partial charge in [0.2, 0.25) is 0 Å². The molecule has 1 heterocycles. The number of piperazine rings is 1. The number of aliphatic hydroxyl groups is 2. The number of nitrogens with zero attached hydrogens (tertiary/aromatic N) is 2. The highest BCUT2D eigenvalue weighted by molar-refractivity contribution is 6.30. The second-order valence-corrected chi connectivity index (χ2v) is 8.64. The van der Waals surface area contributed by atoms with E-state index < -0.39 is 18.1 Å². The molecule has 0 radical (unpaired) electrons. The van der Waals surface area contributed by atoms with Crippen LogP contribution in [-0.2, 0) is 4.79 Å². The Balaban J connectivity index is 1.68. The number of rotatable bonds is 6. The number of halogens is 2. The van der Waals surface area contributed by atoms with E-state index in [0.29, 0.717) is 42.5 Å². The monoisotopic (exact) mass is 449 g/mol. The van der Waals surface area contributed by atoms with E-state index in [-0.39, 0.29) is 17.8 Å². The third-order valence-electron chi connectivity index (χ3n) is 5.77. The first-order valence-electron chi connectivity index (χ1n) is 10.4. The molecule has 0 saturated carbocycles. The number of carbonyl (C=O) groups is 1. The average molecular weight is 450 g/mol. The van der Waals surface area contributed by atoms with Crippen LogP contribution in [0.3, 0.4) is 0 Å². The molecule has 168 valence electrons. The van der Waals surface area contributed by atoms with Crippen LogP contribution in [-0.4, -0.2) is 53.3 Å². The van der Waals surface area contributed by atoms with Gasteiger partial charge in [0.05, 0.1) is 5.69 Å². The molecular formula is C23H29ClFN3O3. The van der Waals surface area contributed by atoms with Crippen LogP contribution in [0.5, 0.6) is 0 Å². The lowest BCUT2D eigenvalue weighted by molar-refractivity contribution is -0.146. The number of aliphatic hydroxyl groups excluding tert-OH is 2. The van der Waals surface area contributed by atoms with Crippen LogP contribution in [0.1, 0.15) is 37.1 Å². The summed E-state index contributed by atoms with van der Waals surface area (Å²) >= 11 is 5.84. The summed E-state index contributed by atoms with van der Waals surface area (Å²) in [6.45, 7) is 5.37. The number of carbonyl (C=O) groups excluding carboxylic acids is 1. The Bertz CT molecular complexity index is 901. The lowest BCUT2D eigenvalue weighted by Gasteiger charge is -2.39. The molecule has 1 fully saturated rings. The molecule has 4 N–H and O–H groups in total. The largest absolute Gasteiger partial charge is 0.385 e. The van der Waals surface area contributed by atoms with Crippen LogP contribution in [0.4, 0.5) is 10.1 Å². The normalized spacial score (nSPS) is 17.5. The Labute approximate surface area is 187 Å². The molecular weight excluding hydrogens is 421 g/mol. The van der Waals surface area contributed by atoms with Gasteiger partial charge in [-0.3, -0.25) is 4.79 Å². The maximum absolute atomic E-state index is 14.7. The molecule has 0 spiro atoms. The summed E-state index contributed by atoms with van der Waals surface area (Å²) in [5.74, 6) is -0.755. The van der Waals surface area contributed by atoms with Gasteiger partial charge in [-0.25, -0.2) is 4.39 Å². The van der Waals surface area contributed by atoms with Crippen molar-refractivity contribution >= 4 is 23.2 Å². The van der Waals surface area contributed by atoms with E-state index in [9.17, 15) is 19.4 Å². The second kappa shape index (κ2) is 9.96. The van der Waals surface area contributed by atoms with Crippen LogP contribution in [0.2, 0.25) is 5.02 Å². The topological polar surface area (TPSA) is 90.0 Å². The Morgan fingerprint density at radius 3 is 2.26 bits per heavy atom. The van der Waals surface area contributed by atoms with E-state index in [1.54, 1.807) is 30.3 Å². The molecule has 0 bridgehead atoms. The van der Waals surface area contributed by atoms with Crippen molar-refractivity contribution in [2.75, 3.05) is 31.1 Å². The second-order valence-electron chi connectivity index (χ2n) is 8.20. The van der Waals surface area contributed by atoms with Gasteiger partial charge < -0.3 is 25.7 Å². The molecule has 31 heavy (non-hydrogen) atoms. The maximum atomic E-state index is 14.7. The summed E-state index contributed by atoms with van der Waals surface area (Å²) in [6, 6.07) is 10.9. The first-order valence-corrected chi connectivity index (χ1v) is 10.8. The van der Waals surface area contributed by atoms with E-state index in [0.717, 1.165) is 5.56 Å². The van der Waals surface area contributed by atoms with E-state index in [1.807, 2.05) is 24.8 Å². The molecule has 1 saturated heterocycles. The molecule has 8 heteroatoms. The van der Waals surface area contributed by atoms with Crippen molar-refractivity contribution in [3.8, 4) is 0 Å². The predicted octanol–water partition coefficient (Wildman–Crippen LogP) is 2.88. The van der Waals surface area contributed by atoms with Gasteiger partial charge >= 0.3 is 0 Å². The quantitative estimate of drug-likeness (QED) is 0.631. The molecule has 1 aliphatic rings. The SMILES string of the molecule is CC(C)[C@H](N)c1cccc(F)c1N1CCN(C(=O)[C@@H](O)[C@H](O)c2ccc(Cl)cc2)CC1. The highest BCUT2D eigenvalue weighted by Gasteiger charge is 2.33. The number of amides is 1. The van der Waals surface area contributed by atoms with Gasteiger partial charge in [-0.15, -0.1) is 0 Å². The van der Waals surface area contributed by atoms with Crippen LogP contribution in [0.15, 0.2) is 42.5 Å². The zero-order chi connectivity index (χ0) is 22.7. The van der Waals surface area contributed by atoms with E-state index in [1.165, 1.54) is 11.0 Å². The average Bonchev–Trinajstić information content (AvgIpc) is 2.77. The summed E-state index contributed by atoms with van der Waals surface area (Å²) in [6.07, 6.45) is -2.95. The lowest BCUT2D eigenvalue weighted by atomic mass is 9.94. The smallest absolute Gasteiger partial charge is 0.254 e. The number of hydrogen-bond acceptors (Lipinski definition) is 5.